The third kappa shape index (κ3) is 5.77. The lowest BCUT2D eigenvalue weighted by Gasteiger charge is -2.09. The fraction of sp³-hybridized carbons (Fsp3) is 0.562. The largest absolute Gasteiger partial charge is 0.326 e. The summed E-state index contributed by atoms with van der Waals surface area (Å²) >= 11 is 3.53. The van der Waals surface area contributed by atoms with Crippen molar-refractivity contribution in [1.29, 1.82) is 0 Å². The van der Waals surface area contributed by atoms with E-state index >= 15 is 0 Å². The lowest BCUT2D eigenvalue weighted by atomic mass is 10.1. The molecule has 0 saturated carbocycles. The van der Waals surface area contributed by atoms with Gasteiger partial charge in [0.15, 0.2) is 0 Å². The van der Waals surface area contributed by atoms with Crippen molar-refractivity contribution in [1.82, 2.24) is 0 Å². The molecule has 0 bridgehead atoms. The van der Waals surface area contributed by atoms with Gasteiger partial charge in [-0.3, -0.25) is 4.79 Å². The molecule has 1 aromatic carbocycles. The molecule has 0 unspecified atom stereocenters. The zero-order valence-electron chi connectivity index (χ0n) is 12.2. The molecule has 2 nitrogen and oxygen atoms in total. The number of unbranched alkanes of at least 4 members (excludes halogenated alkanes) is 4. The lowest BCUT2D eigenvalue weighted by Crippen LogP contribution is -2.11. The third-order valence-electron chi connectivity index (χ3n) is 3.23. The predicted molar refractivity (Wildman–Crippen MR) is 85.6 cm³/mol. The number of aryl methyl sites for hydroxylation is 2. The van der Waals surface area contributed by atoms with E-state index in [4.69, 9.17) is 0 Å². The molecule has 19 heavy (non-hydrogen) atoms. The maximum absolute atomic E-state index is 11.8. The molecule has 1 N–H and O–H groups in total. The van der Waals surface area contributed by atoms with Crippen LogP contribution in [-0.2, 0) is 4.79 Å². The summed E-state index contributed by atoms with van der Waals surface area (Å²) in [7, 11) is 0. The maximum Gasteiger partial charge on any atom is 0.224 e. The first-order valence-corrected chi connectivity index (χ1v) is 7.90. The maximum atomic E-state index is 11.8. The van der Waals surface area contributed by atoms with E-state index in [2.05, 4.69) is 28.2 Å². The average molecular weight is 326 g/mol. The summed E-state index contributed by atoms with van der Waals surface area (Å²) in [6, 6.07) is 4.01. The van der Waals surface area contributed by atoms with Crippen LogP contribution in [0.2, 0.25) is 0 Å². The van der Waals surface area contributed by atoms with Crippen LogP contribution in [0.15, 0.2) is 16.6 Å². The van der Waals surface area contributed by atoms with E-state index in [9.17, 15) is 4.79 Å². The summed E-state index contributed by atoms with van der Waals surface area (Å²) in [5, 5.41) is 2.98. The Morgan fingerprint density at radius 1 is 1.11 bits per heavy atom. The second kappa shape index (κ2) is 8.36. The monoisotopic (exact) mass is 325 g/mol. The Morgan fingerprint density at radius 3 is 2.26 bits per heavy atom. The van der Waals surface area contributed by atoms with E-state index in [0.29, 0.717) is 6.42 Å². The first-order valence-electron chi connectivity index (χ1n) is 7.11. The molecule has 0 spiro atoms. The zero-order chi connectivity index (χ0) is 14.3. The van der Waals surface area contributed by atoms with E-state index in [-0.39, 0.29) is 5.91 Å². The van der Waals surface area contributed by atoms with Crippen molar-refractivity contribution < 1.29 is 4.79 Å². The van der Waals surface area contributed by atoms with Crippen LogP contribution in [0.3, 0.4) is 0 Å². The van der Waals surface area contributed by atoms with Crippen LogP contribution in [0.4, 0.5) is 5.69 Å². The average Bonchev–Trinajstić information content (AvgIpc) is 2.35. The van der Waals surface area contributed by atoms with Crippen LogP contribution < -0.4 is 5.32 Å². The number of carbonyl (C=O) groups is 1. The van der Waals surface area contributed by atoms with Gasteiger partial charge >= 0.3 is 0 Å². The van der Waals surface area contributed by atoms with Gasteiger partial charge in [-0.1, -0.05) is 48.5 Å². The molecule has 106 valence electrons. The van der Waals surface area contributed by atoms with Crippen LogP contribution in [0.1, 0.15) is 56.6 Å². The standard InChI is InChI=1S/C16H24BrNO/c1-4-5-6-7-8-9-15(19)18-14-10-12(2)16(17)13(3)11-14/h10-11H,4-9H2,1-3H3,(H,18,19). The van der Waals surface area contributed by atoms with Gasteiger partial charge in [0.1, 0.15) is 0 Å². The normalized spacial score (nSPS) is 10.5. The summed E-state index contributed by atoms with van der Waals surface area (Å²) in [4.78, 5) is 11.8. The molecular weight excluding hydrogens is 302 g/mol. The van der Waals surface area contributed by atoms with Crippen LogP contribution in [0.5, 0.6) is 0 Å². The van der Waals surface area contributed by atoms with Gasteiger partial charge in [0.2, 0.25) is 5.91 Å². The molecule has 0 aliphatic heterocycles. The van der Waals surface area contributed by atoms with Crippen molar-refractivity contribution in [2.75, 3.05) is 5.32 Å². The Kier molecular flexibility index (Phi) is 7.14. The molecule has 0 fully saturated rings. The third-order valence-corrected chi connectivity index (χ3v) is 4.48. The number of carbonyl (C=O) groups excluding carboxylic acids is 1. The zero-order valence-corrected chi connectivity index (χ0v) is 13.8. The Labute approximate surface area is 125 Å². The fourth-order valence-electron chi connectivity index (χ4n) is 2.13. The van der Waals surface area contributed by atoms with E-state index in [0.717, 1.165) is 34.1 Å². The summed E-state index contributed by atoms with van der Waals surface area (Å²) in [5.74, 6) is 0.123. The summed E-state index contributed by atoms with van der Waals surface area (Å²) in [6.07, 6.45) is 6.51. The van der Waals surface area contributed by atoms with Gasteiger partial charge in [-0.05, 0) is 43.5 Å². The van der Waals surface area contributed by atoms with Gasteiger partial charge in [-0.15, -0.1) is 0 Å². The Bertz CT molecular complexity index is 406. The highest BCUT2D eigenvalue weighted by atomic mass is 79.9. The number of amides is 1. The van der Waals surface area contributed by atoms with E-state index < -0.39 is 0 Å². The number of halogens is 1. The van der Waals surface area contributed by atoms with E-state index in [1.54, 1.807) is 0 Å². The second-order valence-corrected chi connectivity index (χ2v) is 5.93. The molecule has 0 heterocycles. The fourth-order valence-corrected chi connectivity index (χ4v) is 2.36. The van der Waals surface area contributed by atoms with Gasteiger partial charge in [-0.25, -0.2) is 0 Å². The minimum Gasteiger partial charge on any atom is -0.326 e. The molecule has 0 aliphatic rings. The first kappa shape index (κ1) is 16.2. The molecule has 0 aromatic heterocycles. The number of hydrogen-bond acceptors (Lipinski definition) is 1. The molecule has 3 heteroatoms. The van der Waals surface area contributed by atoms with Gasteiger partial charge in [0.05, 0.1) is 0 Å². The molecule has 0 saturated heterocycles. The predicted octanol–water partition coefficient (Wildman–Crippen LogP) is 5.36. The van der Waals surface area contributed by atoms with Crippen molar-refractivity contribution in [2.24, 2.45) is 0 Å². The molecule has 1 aromatic rings. The van der Waals surface area contributed by atoms with Crippen molar-refractivity contribution in [3.8, 4) is 0 Å². The van der Waals surface area contributed by atoms with Gasteiger partial charge in [-0.2, -0.15) is 0 Å². The van der Waals surface area contributed by atoms with Gasteiger partial charge in [0, 0.05) is 16.6 Å². The number of hydrogen-bond donors (Lipinski definition) is 1. The summed E-state index contributed by atoms with van der Waals surface area (Å²) in [5.41, 5.74) is 3.20. The van der Waals surface area contributed by atoms with Crippen molar-refractivity contribution in [2.45, 2.75) is 59.3 Å². The van der Waals surface area contributed by atoms with Gasteiger partial charge in [0.25, 0.3) is 0 Å². The van der Waals surface area contributed by atoms with E-state index in [1.165, 1.54) is 19.3 Å². The van der Waals surface area contributed by atoms with Crippen LogP contribution >= 0.6 is 15.9 Å². The number of benzene rings is 1. The molecule has 0 aliphatic carbocycles. The van der Waals surface area contributed by atoms with E-state index in [1.807, 2.05) is 26.0 Å². The van der Waals surface area contributed by atoms with Gasteiger partial charge < -0.3 is 5.32 Å². The number of anilines is 1. The summed E-state index contributed by atoms with van der Waals surface area (Å²) in [6.45, 7) is 6.28. The molecule has 0 radical (unpaired) electrons. The van der Waals surface area contributed by atoms with Crippen molar-refractivity contribution >= 4 is 27.5 Å². The van der Waals surface area contributed by atoms with Crippen LogP contribution in [-0.4, -0.2) is 5.91 Å². The molecular formula is C16H24BrNO. The second-order valence-electron chi connectivity index (χ2n) is 5.14. The smallest absolute Gasteiger partial charge is 0.224 e. The minimum atomic E-state index is 0.123. The highest BCUT2D eigenvalue weighted by molar-refractivity contribution is 9.10. The molecule has 0 atom stereocenters. The first-order chi connectivity index (χ1) is 9.04. The van der Waals surface area contributed by atoms with Crippen molar-refractivity contribution in [3.05, 3.63) is 27.7 Å². The minimum absolute atomic E-state index is 0.123. The van der Waals surface area contributed by atoms with Crippen LogP contribution in [0, 0.1) is 13.8 Å². The van der Waals surface area contributed by atoms with Crippen molar-refractivity contribution in [3.63, 3.8) is 0 Å². The number of rotatable bonds is 7. The highest BCUT2D eigenvalue weighted by Crippen LogP contribution is 2.25. The summed E-state index contributed by atoms with van der Waals surface area (Å²) < 4.78 is 1.12. The number of nitrogens with one attached hydrogen (secondary N) is 1. The Morgan fingerprint density at radius 2 is 1.68 bits per heavy atom. The Hall–Kier alpha value is -0.830. The molecule has 1 rings (SSSR count). The topological polar surface area (TPSA) is 29.1 Å². The highest BCUT2D eigenvalue weighted by Gasteiger charge is 2.06. The Balaban J connectivity index is 2.40. The molecule has 1 amide bonds. The lowest BCUT2D eigenvalue weighted by molar-refractivity contribution is -0.116. The quantitative estimate of drug-likeness (QED) is 0.671. The van der Waals surface area contributed by atoms with Crippen LogP contribution in [0.25, 0.3) is 0 Å². The SMILES string of the molecule is CCCCCCCC(=O)Nc1cc(C)c(Br)c(C)c1.